The predicted octanol–water partition coefficient (Wildman–Crippen LogP) is 3.85. The van der Waals surface area contributed by atoms with Gasteiger partial charge in [-0.2, -0.15) is 5.26 Å². The normalized spacial score (nSPS) is 11.0. The summed E-state index contributed by atoms with van der Waals surface area (Å²) in [6, 6.07) is 18.8. The molecule has 1 N–H and O–H groups in total. The van der Waals surface area contributed by atoms with Crippen molar-refractivity contribution in [3.05, 3.63) is 71.9 Å². The van der Waals surface area contributed by atoms with Crippen LogP contribution in [-0.4, -0.2) is 25.0 Å². The van der Waals surface area contributed by atoms with Gasteiger partial charge in [-0.1, -0.05) is 18.2 Å². The fourth-order valence-electron chi connectivity index (χ4n) is 2.59. The van der Waals surface area contributed by atoms with Crippen LogP contribution in [-0.2, 0) is 4.79 Å². The topological polar surface area (TPSA) is 69.0 Å². The lowest BCUT2D eigenvalue weighted by molar-refractivity contribution is -0.112. The highest BCUT2D eigenvalue weighted by atomic mass is 16.1. The van der Waals surface area contributed by atoms with Crippen LogP contribution in [0.25, 0.3) is 17.0 Å². The van der Waals surface area contributed by atoms with E-state index in [1.807, 2.05) is 73.6 Å². The first-order valence-electron chi connectivity index (χ1n) is 8.13. The monoisotopic (exact) mass is 342 g/mol. The molecule has 0 aliphatic heterocycles. The quantitative estimate of drug-likeness (QED) is 0.578. The Morgan fingerprint density at radius 2 is 1.88 bits per heavy atom. The Bertz CT molecular complexity index is 1010. The van der Waals surface area contributed by atoms with E-state index in [0.717, 1.165) is 22.2 Å². The van der Waals surface area contributed by atoms with Crippen molar-refractivity contribution in [2.24, 2.45) is 0 Å². The molecular formula is C21H18N4O. The van der Waals surface area contributed by atoms with Crippen LogP contribution < -0.4 is 10.2 Å². The molecule has 1 amide bonds. The van der Waals surface area contributed by atoms with Gasteiger partial charge in [-0.25, -0.2) is 0 Å². The third-order valence-corrected chi connectivity index (χ3v) is 3.98. The summed E-state index contributed by atoms with van der Waals surface area (Å²) >= 11 is 0. The number of carbonyl (C=O) groups is 1. The largest absolute Gasteiger partial charge is 0.378 e. The highest BCUT2D eigenvalue weighted by Crippen LogP contribution is 2.22. The second kappa shape index (κ2) is 7.49. The predicted molar refractivity (Wildman–Crippen MR) is 105 cm³/mol. The first kappa shape index (κ1) is 17.2. The van der Waals surface area contributed by atoms with E-state index in [0.29, 0.717) is 5.69 Å². The number of aromatic nitrogens is 1. The molecule has 1 heterocycles. The number of hydrogen-bond donors (Lipinski definition) is 1. The van der Waals surface area contributed by atoms with Gasteiger partial charge in [0.1, 0.15) is 11.6 Å². The zero-order chi connectivity index (χ0) is 18.5. The van der Waals surface area contributed by atoms with Crippen molar-refractivity contribution >= 4 is 34.3 Å². The van der Waals surface area contributed by atoms with Crippen molar-refractivity contribution in [1.29, 1.82) is 5.26 Å². The van der Waals surface area contributed by atoms with E-state index in [9.17, 15) is 10.1 Å². The molecule has 0 atom stereocenters. The Hall–Kier alpha value is -3.65. The summed E-state index contributed by atoms with van der Waals surface area (Å²) in [4.78, 5) is 18.8. The summed E-state index contributed by atoms with van der Waals surface area (Å²) in [6.07, 6.45) is 3.28. The molecule has 3 rings (SSSR count). The second-order valence-electron chi connectivity index (χ2n) is 5.99. The number of hydrogen-bond acceptors (Lipinski definition) is 4. The van der Waals surface area contributed by atoms with Gasteiger partial charge in [0.25, 0.3) is 5.91 Å². The van der Waals surface area contributed by atoms with Gasteiger partial charge in [0.15, 0.2) is 0 Å². The maximum Gasteiger partial charge on any atom is 0.266 e. The van der Waals surface area contributed by atoms with Crippen molar-refractivity contribution in [2.45, 2.75) is 0 Å². The molecule has 0 unspecified atom stereocenters. The van der Waals surface area contributed by atoms with Crippen molar-refractivity contribution in [3.63, 3.8) is 0 Å². The van der Waals surface area contributed by atoms with Crippen LogP contribution in [0.3, 0.4) is 0 Å². The van der Waals surface area contributed by atoms with Crippen LogP contribution in [0.15, 0.2) is 66.4 Å². The number of nitrogens with one attached hydrogen (secondary N) is 1. The van der Waals surface area contributed by atoms with Gasteiger partial charge in [-0.15, -0.1) is 0 Å². The number of carbonyl (C=O) groups excluding carboxylic acids is 1. The van der Waals surface area contributed by atoms with E-state index >= 15 is 0 Å². The van der Waals surface area contributed by atoms with Crippen molar-refractivity contribution in [2.75, 3.05) is 24.3 Å². The highest BCUT2D eigenvalue weighted by molar-refractivity contribution is 6.12. The van der Waals surface area contributed by atoms with E-state index < -0.39 is 5.91 Å². The Morgan fingerprint density at radius 3 is 2.58 bits per heavy atom. The molecule has 0 spiro atoms. The minimum atomic E-state index is -0.444. The molecule has 0 saturated carbocycles. The molecule has 1 aromatic heterocycles. The standard InChI is InChI=1S/C21H18N4O/c1-25(2)17-10-8-15(9-11-17)13-16(14-22)21(26)24-20-7-3-6-19-18(20)5-4-12-23-19/h3-13H,1-2H3,(H,24,26)/b16-13-. The molecule has 0 aliphatic carbocycles. The molecule has 128 valence electrons. The molecule has 0 aliphatic rings. The van der Waals surface area contributed by atoms with Gasteiger partial charge in [0, 0.05) is 31.4 Å². The number of nitriles is 1. The number of benzene rings is 2. The van der Waals surface area contributed by atoms with Gasteiger partial charge in [-0.3, -0.25) is 9.78 Å². The van der Waals surface area contributed by atoms with Gasteiger partial charge >= 0.3 is 0 Å². The van der Waals surface area contributed by atoms with Crippen molar-refractivity contribution in [3.8, 4) is 6.07 Å². The fraction of sp³-hybridized carbons (Fsp3) is 0.0952. The Balaban J connectivity index is 1.86. The summed E-state index contributed by atoms with van der Waals surface area (Å²) in [5, 5.41) is 13.0. The molecule has 0 fully saturated rings. The SMILES string of the molecule is CN(C)c1ccc(/C=C(/C#N)C(=O)Nc2cccc3ncccc23)cc1. The summed E-state index contributed by atoms with van der Waals surface area (Å²) in [7, 11) is 3.91. The molecule has 0 bridgehead atoms. The summed E-state index contributed by atoms with van der Waals surface area (Å²) in [6.45, 7) is 0. The van der Waals surface area contributed by atoms with Crippen LogP contribution in [0.4, 0.5) is 11.4 Å². The molecule has 0 saturated heterocycles. The van der Waals surface area contributed by atoms with E-state index in [-0.39, 0.29) is 5.57 Å². The molecule has 3 aromatic rings. The summed E-state index contributed by atoms with van der Waals surface area (Å²) < 4.78 is 0. The molecule has 2 aromatic carbocycles. The van der Waals surface area contributed by atoms with Crippen molar-refractivity contribution in [1.82, 2.24) is 4.98 Å². The van der Waals surface area contributed by atoms with Gasteiger partial charge in [0.2, 0.25) is 0 Å². The molecular weight excluding hydrogens is 324 g/mol. The van der Waals surface area contributed by atoms with Crippen LogP contribution in [0.5, 0.6) is 0 Å². The van der Waals surface area contributed by atoms with E-state index in [2.05, 4.69) is 10.3 Å². The zero-order valence-corrected chi connectivity index (χ0v) is 14.6. The third kappa shape index (κ3) is 3.70. The van der Waals surface area contributed by atoms with Crippen LogP contribution >= 0.6 is 0 Å². The fourth-order valence-corrected chi connectivity index (χ4v) is 2.59. The number of nitrogens with zero attached hydrogens (tertiary/aromatic N) is 3. The average Bonchev–Trinajstić information content (AvgIpc) is 2.66. The Labute approximate surface area is 152 Å². The van der Waals surface area contributed by atoms with Crippen LogP contribution in [0.2, 0.25) is 0 Å². The van der Waals surface area contributed by atoms with Crippen molar-refractivity contribution < 1.29 is 4.79 Å². The minimum Gasteiger partial charge on any atom is -0.378 e. The lowest BCUT2D eigenvalue weighted by Gasteiger charge is -2.12. The lowest BCUT2D eigenvalue weighted by Crippen LogP contribution is -2.13. The summed E-state index contributed by atoms with van der Waals surface area (Å²) in [5.74, 6) is -0.444. The minimum absolute atomic E-state index is 0.0449. The zero-order valence-electron chi connectivity index (χ0n) is 14.6. The van der Waals surface area contributed by atoms with Gasteiger partial charge in [-0.05, 0) is 48.0 Å². The van der Waals surface area contributed by atoms with E-state index in [1.165, 1.54) is 0 Å². The number of anilines is 2. The van der Waals surface area contributed by atoms with E-state index in [4.69, 9.17) is 0 Å². The van der Waals surface area contributed by atoms with E-state index in [1.54, 1.807) is 18.3 Å². The Morgan fingerprint density at radius 1 is 1.12 bits per heavy atom. The number of pyridine rings is 1. The number of amides is 1. The van der Waals surface area contributed by atoms with Gasteiger partial charge in [0.05, 0.1) is 11.2 Å². The first-order valence-corrected chi connectivity index (χ1v) is 8.13. The first-order chi connectivity index (χ1) is 12.6. The molecule has 5 nitrogen and oxygen atoms in total. The maximum absolute atomic E-state index is 12.5. The number of rotatable bonds is 4. The third-order valence-electron chi connectivity index (χ3n) is 3.98. The second-order valence-corrected chi connectivity index (χ2v) is 5.99. The average molecular weight is 342 g/mol. The highest BCUT2D eigenvalue weighted by Gasteiger charge is 2.11. The summed E-state index contributed by atoms with van der Waals surface area (Å²) in [5.41, 5.74) is 3.30. The maximum atomic E-state index is 12.5. The molecule has 26 heavy (non-hydrogen) atoms. The Kier molecular flexibility index (Phi) is 4.95. The van der Waals surface area contributed by atoms with Gasteiger partial charge < -0.3 is 10.2 Å². The van der Waals surface area contributed by atoms with Crippen LogP contribution in [0.1, 0.15) is 5.56 Å². The number of fused-ring (bicyclic) bond motifs is 1. The molecule has 5 heteroatoms. The van der Waals surface area contributed by atoms with Crippen LogP contribution in [0, 0.1) is 11.3 Å². The molecule has 0 radical (unpaired) electrons. The smallest absolute Gasteiger partial charge is 0.266 e. The lowest BCUT2D eigenvalue weighted by atomic mass is 10.1.